The summed E-state index contributed by atoms with van der Waals surface area (Å²) in [5.41, 5.74) is 7.32. The van der Waals surface area contributed by atoms with Gasteiger partial charge in [-0.15, -0.1) is 0 Å². The fraction of sp³-hybridized carbons (Fsp3) is 0.294. The minimum Gasteiger partial charge on any atom is -0.493 e. The van der Waals surface area contributed by atoms with Crippen LogP contribution in [0.3, 0.4) is 0 Å². The zero-order valence-corrected chi connectivity index (χ0v) is 13.2. The lowest BCUT2D eigenvalue weighted by atomic mass is 10.1. The molecule has 0 aliphatic heterocycles. The highest BCUT2D eigenvalue weighted by Gasteiger charge is 2.12. The average Bonchev–Trinajstić information content (AvgIpc) is 2.52. The molecule has 0 saturated heterocycles. The van der Waals surface area contributed by atoms with E-state index in [-0.39, 0.29) is 12.4 Å². The lowest BCUT2D eigenvalue weighted by molar-refractivity contribution is 0.281. The van der Waals surface area contributed by atoms with Gasteiger partial charge in [-0.3, -0.25) is 0 Å². The molecule has 0 aromatic heterocycles. The van der Waals surface area contributed by atoms with E-state index in [2.05, 4.69) is 0 Å². The predicted molar refractivity (Wildman–Crippen MR) is 86.1 cm³/mol. The molecule has 0 fully saturated rings. The lowest BCUT2D eigenvalue weighted by Crippen LogP contribution is -2.04. The number of benzene rings is 2. The fourth-order valence-electron chi connectivity index (χ4n) is 2.16. The van der Waals surface area contributed by atoms with Gasteiger partial charge < -0.3 is 15.2 Å². The molecule has 0 heterocycles. The normalized spacial score (nSPS) is 10.5. The van der Waals surface area contributed by atoms with Crippen molar-refractivity contribution in [1.82, 2.24) is 0 Å². The summed E-state index contributed by atoms with van der Waals surface area (Å²) in [6, 6.07) is 10.0. The van der Waals surface area contributed by atoms with Crippen molar-refractivity contribution in [2.75, 3.05) is 13.7 Å². The molecule has 0 amide bonds. The Morgan fingerprint density at radius 1 is 1.18 bits per heavy atom. The average molecular weight is 324 g/mol. The molecule has 5 heteroatoms. The van der Waals surface area contributed by atoms with Crippen LogP contribution in [0.25, 0.3) is 0 Å². The van der Waals surface area contributed by atoms with E-state index in [1.807, 2.05) is 18.2 Å². The van der Waals surface area contributed by atoms with Crippen LogP contribution in [0.4, 0.5) is 4.39 Å². The Morgan fingerprint density at radius 3 is 2.68 bits per heavy atom. The molecule has 2 rings (SSSR count). The molecule has 2 N–H and O–H groups in total. The van der Waals surface area contributed by atoms with E-state index in [1.54, 1.807) is 13.2 Å². The third-order valence-electron chi connectivity index (χ3n) is 3.32. The topological polar surface area (TPSA) is 44.5 Å². The van der Waals surface area contributed by atoms with Crippen molar-refractivity contribution in [1.29, 1.82) is 0 Å². The monoisotopic (exact) mass is 323 g/mol. The van der Waals surface area contributed by atoms with Gasteiger partial charge in [0.05, 0.1) is 12.1 Å². The summed E-state index contributed by atoms with van der Waals surface area (Å²) in [5.74, 6) is 0.973. The number of halogens is 2. The zero-order valence-electron chi connectivity index (χ0n) is 12.4. The Balaban J connectivity index is 2.20. The summed E-state index contributed by atoms with van der Waals surface area (Å²) in [6.45, 7) is 0.857. The van der Waals surface area contributed by atoms with Crippen molar-refractivity contribution < 1.29 is 13.9 Å². The molecular formula is C17H19ClFNO2. The second kappa shape index (κ2) is 8.01. The molecule has 3 nitrogen and oxygen atoms in total. The van der Waals surface area contributed by atoms with Gasteiger partial charge in [-0.2, -0.15) is 0 Å². The van der Waals surface area contributed by atoms with Gasteiger partial charge in [0.15, 0.2) is 11.5 Å². The summed E-state index contributed by atoms with van der Waals surface area (Å²) in [5, 5.41) is 0.346. The SMILES string of the molecule is COc1cccc(CCCN)c1OCc1ccc(F)cc1Cl. The number of methoxy groups -OCH3 is 1. The summed E-state index contributed by atoms with van der Waals surface area (Å²) in [6.07, 6.45) is 1.67. The first-order chi connectivity index (χ1) is 10.7. The summed E-state index contributed by atoms with van der Waals surface area (Å²) in [7, 11) is 1.60. The van der Waals surface area contributed by atoms with Crippen LogP contribution < -0.4 is 15.2 Å². The van der Waals surface area contributed by atoms with Crippen LogP contribution in [0.5, 0.6) is 11.5 Å². The molecule has 22 heavy (non-hydrogen) atoms. The number of aryl methyl sites for hydroxylation is 1. The molecule has 0 saturated carbocycles. The van der Waals surface area contributed by atoms with Crippen LogP contribution >= 0.6 is 11.6 Å². The van der Waals surface area contributed by atoms with Gasteiger partial charge in [0.25, 0.3) is 0 Å². The van der Waals surface area contributed by atoms with Gasteiger partial charge in [-0.1, -0.05) is 29.8 Å². The highest BCUT2D eigenvalue weighted by atomic mass is 35.5. The highest BCUT2D eigenvalue weighted by molar-refractivity contribution is 6.31. The van der Waals surface area contributed by atoms with Crippen LogP contribution in [0.15, 0.2) is 36.4 Å². The van der Waals surface area contributed by atoms with Crippen molar-refractivity contribution in [3.63, 3.8) is 0 Å². The first-order valence-corrected chi connectivity index (χ1v) is 7.46. The Hall–Kier alpha value is -1.78. The van der Waals surface area contributed by atoms with Crippen molar-refractivity contribution in [2.45, 2.75) is 19.4 Å². The quantitative estimate of drug-likeness (QED) is 0.839. The minimum atomic E-state index is -0.366. The van der Waals surface area contributed by atoms with E-state index in [1.165, 1.54) is 12.1 Å². The van der Waals surface area contributed by atoms with Crippen LogP contribution in [-0.2, 0) is 13.0 Å². The van der Waals surface area contributed by atoms with Gasteiger partial charge in [0.1, 0.15) is 12.4 Å². The second-order valence-corrected chi connectivity index (χ2v) is 5.27. The zero-order chi connectivity index (χ0) is 15.9. The maximum atomic E-state index is 13.1. The van der Waals surface area contributed by atoms with Gasteiger partial charge in [-0.25, -0.2) is 4.39 Å². The molecule has 118 valence electrons. The van der Waals surface area contributed by atoms with E-state index >= 15 is 0 Å². The molecule has 0 atom stereocenters. The number of hydrogen-bond acceptors (Lipinski definition) is 3. The Labute approximate surface area is 134 Å². The van der Waals surface area contributed by atoms with Gasteiger partial charge >= 0.3 is 0 Å². The molecule has 0 radical (unpaired) electrons. The number of ether oxygens (including phenoxy) is 2. The molecule has 0 bridgehead atoms. The van der Waals surface area contributed by atoms with E-state index < -0.39 is 0 Å². The van der Waals surface area contributed by atoms with E-state index in [4.69, 9.17) is 26.8 Å². The van der Waals surface area contributed by atoms with Gasteiger partial charge in [0, 0.05) is 5.56 Å². The molecule has 0 spiro atoms. The molecule has 0 aliphatic rings. The van der Waals surface area contributed by atoms with Crippen molar-refractivity contribution >= 4 is 11.6 Å². The predicted octanol–water partition coefficient (Wildman–Crippen LogP) is 3.96. The smallest absolute Gasteiger partial charge is 0.164 e. The van der Waals surface area contributed by atoms with E-state index in [0.29, 0.717) is 23.1 Å². The fourth-order valence-corrected chi connectivity index (χ4v) is 2.39. The summed E-state index contributed by atoms with van der Waals surface area (Å²) >= 11 is 6.03. The Kier molecular flexibility index (Phi) is 6.04. The summed E-state index contributed by atoms with van der Waals surface area (Å²) < 4.78 is 24.3. The van der Waals surface area contributed by atoms with Crippen molar-refractivity contribution in [3.8, 4) is 11.5 Å². The molecule has 0 aliphatic carbocycles. The minimum absolute atomic E-state index is 0.245. The number of rotatable bonds is 7. The number of hydrogen-bond donors (Lipinski definition) is 1. The number of nitrogens with two attached hydrogens (primary N) is 1. The van der Waals surface area contributed by atoms with Gasteiger partial charge in [-0.05, 0) is 43.1 Å². The van der Waals surface area contributed by atoms with Crippen LogP contribution in [0.1, 0.15) is 17.5 Å². The Morgan fingerprint density at radius 2 is 2.00 bits per heavy atom. The highest BCUT2D eigenvalue weighted by Crippen LogP contribution is 2.33. The first-order valence-electron chi connectivity index (χ1n) is 7.08. The number of para-hydroxylation sites is 1. The third-order valence-corrected chi connectivity index (χ3v) is 3.67. The van der Waals surface area contributed by atoms with Crippen LogP contribution in [0, 0.1) is 5.82 Å². The third kappa shape index (κ3) is 4.12. The van der Waals surface area contributed by atoms with Crippen LogP contribution in [0.2, 0.25) is 5.02 Å². The largest absolute Gasteiger partial charge is 0.493 e. The van der Waals surface area contributed by atoms with Crippen molar-refractivity contribution in [2.24, 2.45) is 5.73 Å². The maximum absolute atomic E-state index is 13.1. The molecular weight excluding hydrogens is 305 g/mol. The summed E-state index contributed by atoms with van der Waals surface area (Å²) in [4.78, 5) is 0. The van der Waals surface area contributed by atoms with E-state index in [9.17, 15) is 4.39 Å². The second-order valence-electron chi connectivity index (χ2n) is 4.87. The van der Waals surface area contributed by atoms with Crippen molar-refractivity contribution in [3.05, 3.63) is 58.4 Å². The maximum Gasteiger partial charge on any atom is 0.164 e. The molecule has 2 aromatic rings. The first kappa shape index (κ1) is 16.6. The van der Waals surface area contributed by atoms with E-state index in [0.717, 1.165) is 24.0 Å². The lowest BCUT2D eigenvalue weighted by Gasteiger charge is -2.15. The van der Waals surface area contributed by atoms with Gasteiger partial charge in [0.2, 0.25) is 0 Å². The van der Waals surface area contributed by atoms with Crippen LogP contribution in [-0.4, -0.2) is 13.7 Å². The Bertz CT molecular complexity index is 634. The standard InChI is InChI=1S/C17H19ClFNO2/c1-21-16-6-2-4-12(5-3-9-20)17(16)22-11-13-7-8-14(19)10-15(13)18/h2,4,6-8,10H,3,5,9,11,20H2,1H3. The molecule has 0 unspecified atom stereocenters. The molecule has 2 aromatic carbocycles.